The minimum Gasteiger partial charge on any atom is -0.315 e. The monoisotopic (exact) mass is 226 g/mol. The van der Waals surface area contributed by atoms with Gasteiger partial charge in [0.05, 0.1) is 28.2 Å². The summed E-state index contributed by atoms with van der Waals surface area (Å²) >= 11 is 0. The third kappa shape index (κ3) is 2.03. The van der Waals surface area contributed by atoms with Crippen LogP contribution >= 0.6 is 0 Å². The van der Waals surface area contributed by atoms with Crippen molar-refractivity contribution in [2.75, 3.05) is 41.3 Å². The van der Waals surface area contributed by atoms with Gasteiger partial charge < -0.3 is 8.97 Å². The molecule has 2 aliphatic rings. The number of Topliss-reactive ketones (excluding diaryl/α,β-unsaturated/α-hetero) is 1. The van der Waals surface area contributed by atoms with Gasteiger partial charge in [-0.3, -0.25) is 4.79 Å². The van der Waals surface area contributed by atoms with Gasteiger partial charge in [0.15, 0.2) is 0 Å². The van der Waals surface area contributed by atoms with Gasteiger partial charge in [-0.05, 0) is 12.8 Å². The summed E-state index contributed by atoms with van der Waals surface area (Å²) in [4.78, 5) is 12.0. The van der Waals surface area contributed by atoms with Gasteiger partial charge in [0.25, 0.3) is 0 Å². The molecule has 0 aromatic carbocycles. The Morgan fingerprint density at radius 3 is 1.62 bits per heavy atom. The van der Waals surface area contributed by atoms with E-state index in [-0.39, 0.29) is 0 Å². The molecule has 3 heteroatoms. The van der Waals surface area contributed by atoms with Crippen LogP contribution in [0.4, 0.5) is 0 Å². The maximum absolute atomic E-state index is 12.0. The number of carbonyl (C=O) groups excluding carboxylic acids is 1. The third-order valence-electron chi connectivity index (χ3n) is 4.66. The first-order valence-corrected chi connectivity index (χ1v) is 6.50. The lowest BCUT2D eigenvalue weighted by Crippen LogP contribution is -2.62. The highest BCUT2D eigenvalue weighted by molar-refractivity contribution is 5.80. The average Bonchev–Trinajstić information content (AvgIpc) is 2.21. The van der Waals surface area contributed by atoms with Crippen molar-refractivity contribution < 1.29 is 13.8 Å². The molecule has 0 aromatic heterocycles. The maximum atomic E-state index is 12.0. The number of rotatable bonds is 0. The molecule has 2 fully saturated rings. The molecule has 1 aliphatic heterocycles. The van der Waals surface area contributed by atoms with Crippen LogP contribution in [0.1, 0.15) is 25.7 Å². The first-order valence-electron chi connectivity index (χ1n) is 6.50. The van der Waals surface area contributed by atoms with Crippen LogP contribution in [0.3, 0.4) is 0 Å². The lowest BCUT2D eigenvalue weighted by molar-refractivity contribution is -0.967. The molecule has 3 nitrogen and oxygen atoms in total. The second-order valence-corrected chi connectivity index (χ2v) is 6.83. The SMILES string of the molecule is C[N+]1(C)CC(=O)C[N+](C)(C)[C@H]2CCCC[C@@H]21. The van der Waals surface area contributed by atoms with E-state index < -0.39 is 0 Å². The molecule has 1 saturated heterocycles. The van der Waals surface area contributed by atoms with Crippen LogP contribution in [0, 0.1) is 0 Å². The molecular weight excluding hydrogens is 200 g/mol. The fourth-order valence-corrected chi connectivity index (χ4v) is 3.92. The Balaban J connectivity index is 2.34. The Labute approximate surface area is 99.2 Å². The number of hydrogen-bond donors (Lipinski definition) is 0. The van der Waals surface area contributed by atoms with Gasteiger partial charge in [-0.15, -0.1) is 0 Å². The molecule has 0 amide bonds. The number of nitrogens with zero attached hydrogens (tertiary/aromatic N) is 2. The molecule has 0 spiro atoms. The highest BCUT2D eigenvalue weighted by Gasteiger charge is 2.50. The standard InChI is InChI=1S/C13H26N2O/c1-14(2)9-11(16)10-15(3,4)13-8-6-5-7-12(13)14/h12-13H,5-10H2,1-4H3/q+2/t12-,13-/m0/s1. The summed E-state index contributed by atoms with van der Waals surface area (Å²) in [6.07, 6.45) is 5.29. The Kier molecular flexibility index (Phi) is 2.87. The van der Waals surface area contributed by atoms with Gasteiger partial charge in [-0.2, -0.15) is 0 Å². The smallest absolute Gasteiger partial charge is 0.240 e. The summed E-state index contributed by atoms with van der Waals surface area (Å²) in [5.41, 5.74) is 0. The lowest BCUT2D eigenvalue weighted by atomic mass is 9.86. The normalized spacial score (nSPS) is 37.6. The molecule has 0 N–H and O–H groups in total. The molecule has 2 rings (SSSR count). The van der Waals surface area contributed by atoms with E-state index in [1.807, 2.05) is 0 Å². The van der Waals surface area contributed by atoms with Crippen LogP contribution in [0.25, 0.3) is 0 Å². The molecule has 1 saturated carbocycles. The highest BCUT2D eigenvalue weighted by atomic mass is 16.1. The van der Waals surface area contributed by atoms with Crippen molar-refractivity contribution in [2.24, 2.45) is 0 Å². The number of ketones is 1. The van der Waals surface area contributed by atoms with Gasteiger partial charge in [-0.25, -0.2) is 0 Å². The number of likely N-dealkylation sites (N-methyl/N-ethyl adjacent to an activating group) is 2. The zero-order valence-electron chi connectivity index (χ0n) is 11.2. The molecule has 92 valence electrons. The summed E-state index contributed by atoms with van der Waals surface area (Å²) in [5, 5.41) is 0. The van der Waals surface area contributed by atoms with E-state index in [0.717, 1.165) is 22.1 Å². The van der Waals surface area contributed by atoms with Crippen LogP contribution < -0.4 is 0 Å². The van der Waals surface area contributed by atoms with Gasteiger partial charge >= 0.3 is 0 Å². The third-order valence-corrected chi connectivity index (χ3v) is 4.66. The van der Waals surface area contributed by atoms with E-state index in [4.69, 9.17) is 0 Å². The average molecular weight is 226 g/mol. The molecule has 0 aromatic rings. The van der Waals surface area contributed by atoms with Crippen LogP contribution in [0.15, 0.2) is 0 Å². The van der Waals surface area contributed by atoms with Crippen molar-refractivity contribution >= 4 is 5.78 Å². The molecule has 0 unspecified atom stereocenters. The van der Waals surface area contributed by atoms with E-state index in [1.165, 1.54) is 25.7 Å². The number of quaternary nitrogens is 2. The first kappa shape index (κ1) is 12.1. The Hall–Kier alpha value is -0.410. The van der Waals surface area contributed by atoms with Gasteiger partial charge in [0.1, 0.15) is 25.2 Å². The van der Waals surface area contributed by atoms with E-state index in [2.05, 4.69) is 28.2 Å². The minimum absolute atomic E-state index is 0.435. The van der Waals surface area contributed by atoms with Crippen molar-refractivity contribution in [1.29, 1.82) is 0 Å². The molecular formula is C13H26N2O+2. The lowest BCUT2D eigenvalue weighted by Gasteiger charge is -2.46. The Morgan fingerprint density at radius 1 is 0.875 bits per heavy atom. The first-order chi connectivity index (χ1) is 7.33. The van der Waals surface area contributed by atoms with Crippen LogP contribution in [0.2, 0.25) is 0 Å². The zero-order chi connectivity index (χ0) is 12.0. The number of hydrogen-bond acceptors (Lipinski definition) is 1. The van der Waals surface area contributed by atoms with Crippen molar-refractivity contribution in [3.63, 3.8) is 0 Å². The Bertz CT molecular complexity index is 268. The fraction of sp³-hybridized carbons (Fsp3) is 0.923. The quantitative estimate of drug-likeness (QED) is 0.564. The molecule has 1 heterocycles. The van der Waals surface area contributed by atoms with Gasteiger partial charge in [0.2, 0.25) is 5.78 Å². The molecule has 2 atom stereocenters. The number of carbonyl (C=O) groups is 1. The van der Waals surface area contributed by atoms with E-state index >= 15 is 0 Å². The predicted octanol–water partition coefficient (Wildman–Crippen LogP) is 1.03. The largest absolute Gasteiger partial charge is 0.315 e. The molecule has 0 bridgehead atoms. The van der Waals surface area contributed by atoms with Crippen molar-refractivity contribution in [3.05, 3.63) is 0 Å². The maximum Gasteiger partial charge on any atom is 0.240 e. The predicted molar refractivity (Wildman–Crippen MR) is 65.0 cm³/mol. The fourth-order valence-electron chi connectivity index (χ4n) is 3.92. The summed E-state index contributed by atoms with van der Waals surface area (Å²) in [5.74, 6) is 0.435. The second kappa shape index (κ2) is 3.81. The van der Waals surface area contributed by atoms with Crippen molar-refractivity contribution in [1.82, 2.24) is 0 Å². The zero-order valence-corrected chi connectivity index (χ0v) is 11.2. The van der Waals surface area contributed by atoms with Gasteiger partial charge in [-0.1, -0.05) is 0 Å². The van der Waals surface area contributed by atoms with Crippen molar-refractivity contribution in [2.45, 2.75) is 37.8 Å². The number of fused-ring (bicyclic) bond motifs is 1. The summed E-state index contributed by atoms with van der Waals surface area (Å²) in [6, 6.07) is 1.35. The van der Waals surface area contributed by atoms with E-state index in [0.29, 0.717) is 17.9 Å². The molecule has 0 radical (unpaired) electrons. The molecule has 16 heavy (non-hydrogen) atoms. The summed E-state index contributed by atoms with van der Waals surface area (Å²) in [7, 11) is 8.97. The Morgan fingerprint density at radius 2 is 1.25 bits per heavy atom. The van der Waals surface area contributed by atoms with Crippen LogP contribution in [0.5, 0.6) is 0 Å². The van der Waals surface area contributed by atoms with E-state index in [9.17, 15) is 4.79 Å². The molecule has 1 aliphatic carbocycles. The summed E-state index contributed by atoms with van der Waals surface area (Å²) in [6.45, 7) is 1.45. The van der Waals surface area contributed by atoms with Crippen LogP contribution in [-0.4, -0.2) is 68.1 Å². The minimum atomic E-state index is 0.435. The summed E-state index contributed by atoms with van der Waals surface area (Å²) < 4.78 is 1.82. The van der Waals surface area contributed by atoms with E-state index in [1.54, 1.807) is 0 Å². The van der Waals surface area contributed by atoms with Gasteiger partial charge in [0, 0.05) is 12.8 Å². The van der Waals surface area contributed by atoms with Crippen molar-refractivity contribution in [3.8, 4) is 0 Å². The highest BCUT2D eigenvalue weighted by Crippen LogP contribution is 2.33. The van der Waals surface area contributed by atoms with Crippen LogP contribution in [-0.2, 0) is 4.79 Å². The topological polar surface area (TPSA) is 17.1 Å². The second-order valence-electron chi connectivity index (χ2n) is 6.83.